The summed E-state index contributed by atoms with van der Waals surface area (Å²) in [7, 11) is 0. The van der Waals surface area contributed by atoms with E-state index in [1.54, 1.807) is 46.1 Å². The Labute approximate surface area is 222 Å². The molecule has 0 radical (unpaired) electrons. The van der Waals surface area contributed by atoms with Gasteiger partial charge in [0.05, 0.1) is 5.39 Å². The molecule has 1 fully saturated rings. The van der Waals surface area contributed by atoms with Gasteiger partial charge in [-0.3, -0.25) is 14.7 Å². The molecule has 3 N–H and O–H groups in total. The quantitative estimate of drug-likeness (QED) is 0.280. The number of benzene rings is 1. The smallest absolute Gasteiger partial charge is 0.271 e. The highest BCUT2D eigenvalue weighted by Crippen LogP contribution is 2.33. The van der Waals surface area contributed by atoms with Crippen molar-refractivity contribution in [1.82, 2.24) is 34.8 Å². The summed E-state index contributed by atoms with van der Waals surface area (Å²) in [5.41, 5.74) is 3.24. The monoisotopic (exact) mass is 524 g/mol. The largest absolute Gasteiger partial charge is 0.363 e. The van der Waals surface area contributed by atoms with Crippen LogP contribution < -0.4 is 10.6 Å². The van der Waals surface area contributed by atoms with E-state index >= 15 is 4.39 Å². The number of carbonyl (C=O) groups excluding carboxylic acids is 2. The Morgan fingerprint density at radius 2 is 2.13 bits per heavy atom. The number of rotatable bonds is 7. The highest BCUT2D eigenvalue weighted by Gasteiger charge is 2.26. The number of hydrogen-bond acceptors (Lipinski definition) is 6. The van der Waals surface area contributed by atoms with Gasteiger partial charge in [0.25, 0.3) is 5.91 Å². The number of carbonyl (C=O) groups is 2. The number of hydrogen-bond donors (Lipinski definition) is 3. The molecule has 39 heavy (non-hydrogen) atoms. The Morgan fingerprint density at radius 1 is 1.23 bits per heavy atom. The summed E-state index contributed by atoms with van der Waals surface area (Å²) in [6.07, 6.45) is 7.17. The van der Waals surface area contributed by atoms with Gasteiger partial charge in [0, 0.05) is 49.8 Å². The number of aromatic amines is 1. The van der Waals surface area contributed by atoms with Gasteiger partial charge in [0.1, 0.15) is 17.2 Å². The second-order valence-electron chi connectivity index (χ2n) is 9.35. The van der Waals surface area contributed by atoms with E-state index in [4.69, 9.17) is 0 Å². The third kappa shape index (κ3) is 4.70. The predicted octanol–water partition coefficient (Wildman–Crippen LogP) is 3.54. The molecule has 10 nitrogen and oxygen atoms in total. The van der Waals surface area contributed by atoms with Crippen LogP contribution in [0.3, 0.4) is 0 Å². The van der Waals surface area contributed by atoms with Crippen molar-refractivity contribution in [1.29, 1.82) is 0 Å². The Bertz CT molecular complexity index is 1690. The van der Waals surface area contributed by atoms with Crippen molar-refractivity contribution in [2.24, 2.45) is 0 Å². The Balaban J connectivity index is 1.20. The van der Waals surface area contributed by atoms with Crippen LogP contribution in [-0.2, 0) is 11.3 Å². The first-order valence-corrected chi connectivity index (χ1v) is 12.5. The molecular weight excluding hydrogens is 499 g/mol. The topological polar surface area (TPSA) is 120 Å². The maximum atomic E-state index is 15.2. The highest BCUT2D eigenvalue weighted by molar-refractivity contribution is 6.00. The van der Waals surface area contributed by atoms with Crippen LogP contribution in [0.25, 0.3) is 27.8 Å². The first kappa shape index (κ1) is 24.3. The molecule has 0 saturated carbocycles. The normalized spacial score (nSPS) is 15.1. The van der Waals surface area contributed by atoms with Gasteiger partial charge in [-0.05, 0) is 47.9 Å². The molecule has 1 atom stereocenters. The van der Waals surface area contributed by atoms with E-state index in [-0.39, 0.29) is 30.1 Å². The lowest BCUT2D eigenvalue weighted by molar-refractivity contribution is -0.125. The van der Waals surface area contributed by atoms with Crippen molar-refractivity contribution in [3.8, 4) is 11.1 Å². The summed E-state index contributed by atoms with van der Waals surface area (Å²) in [4.78, 5) is 35.0. The molecule has 4 aromatic heterocycles. The molecule has 1 aliphatic heterocycles. The van der Waals surface area contributed by atoms with E-state index in [2.05, 4.69) is 37.4 Å². The number of imidazole rings is 1. The molecule has 6 rings (SSSR count). The van der Waals surface area contributed by atoms with Crippen LogP contribution >= 0.6 is 0 Å². The number of likely N-dealkylation sites (tertiary alicyclic amines) is 1. The maximum absolute atomic E-state index is 15.2. The lowest BCUT2D eigenvalue weighted by Gasteiger charge is -2.15. The summed E-state index contributed by atoms with van der Waals surface area (Å²) in [5.74, 6) is -0.332. The third-order valence-corrected chi connectivity index (χ3v) is 6.88. The Hall–Kier alpha value is -5.06. The van der Waals surface area contributed by atoms with Gasteiger partial charge in [-0.25, -0.2) is 14.4 Å². The van der Waals surface area contributed by atoms with Gasteiger partial charge in [0.15, 0.2) is 11.5 Å². The maximum Gasteiger partial charge on any atom is 0.271 e. The van der Waals surface area contributed by atoms with Gasteiger partial charge in [-0.1, -0.05) is 24.8 Å². The average molecular weight is 525 g/mol. The zero-order valence-electron chi connectivity index (χ0n) is 20.9. The van der Waals surface area contributed by atoms with Gasteiger partial charge in [-0.15, -0.1) is 0 Å². The second-order valence-corrected chi connectivity index (χ2v) is 9.35. The van der Waals surface area contributed by atoms with Gasteiger partial charge in [-0.2, -0.15) is 5.10 Å². The first-order chi connectivity index (χ1) is 19.0. The zero-order valence-corrected chi connectivity index (χ0v) is 20.9. The van der Waals surface area contributed by atoms with E-state index < -0.39 is 5.82 Å². The van der Waals surface area contributed by atoms with Crippen LogP contribution in [0.1, 0.15) is 22.5 Å². The van der Waals surface area contributed by atoms with Crippen LogP contribution in [0, 0.1) is 5.82 Å². The zero-order chi connectivity index (χ0) is 26.9. The number of aromatic nitrogens is 5. The minimum absolute atomic E-state index is 0.0177. The van der Waals surface area contributed by atoms with Crippen LogP contribution in [0.4, 0.5) is 10.2 Å². The number of fused-ring (bicyclic) bond motifs is 2. The van der Waals surface area contributed by atoms with Crippen molar-refractivity contribution in [3.05, 3.63) is 90.8 Å². The molecule has 5 aromatic rings. The SMILES string of the molecule is C=CC(=O)N1CC[C@@H](Nc2n[nH]c3nccc(-c4ccc(CNC(=O)c5cn6ccccc6n5)c(F)c4)c23)C1. The number of nitrogens with one attached hydrogen (secondary N) is 3. The van der Waals surface area contributed by atoms with Crippen molar-refractivity contribution >= 4 is 34.3 Å². The third-order valence-electron chi connectivity index (χ3n) is 6.88. The summed E-state index contributed by atoms with van der Waals surface area (Å²) in [6.45, 7) is 4.75. The fourth-order valence-electron chi connectivity index (χ4n) is 4.87. The molecule has 11 heteroatoms. The number of amides is 2. The summed E-state index contributed by atoms with van der Waals surface area (Å²) >= 11 is 0. The molecule has 5 heterocycles. The number of H-pyrrole nitrogens is 1. The molecule has 196 valence electrons. The molecule has 0 spiro atoms. The van der Waals surface area contributed by atoms with Crippen molar-refractivity contribution < 1.29 is 14.0 Å². The fourth-order valence-corrected chi connectivity index (χ4v) is 4.87. The van der Waals surface area contributed by atoms with E-state index in [0.29, 0.717) is 41.3 Å². The average Bonchev–Trinajstić information content (AvgIpc) is 3.70. The van der Waals surface area contributed by atoms with Gasteiger partial charge < -0.3 is 19.9 Å². The van der Waals surface area contributed by atoms with Crippen molar-refractivity contribution in [2.45, 2.75) is 19.0 Å². The van der Waals surface area contributed by atoms with Crippen LogP contribution in [0.5, 0.6) is 0 Å². The molecule has 2 amide bonds. The molecule has 1 saturated heterocycles. The first-order valence-electron chi connectivity index (χ1n) is 12.5. The minimum Gasteiger partial charge on any atom is -0.363 e. The van der Waals surface area contributed by atoms with E-state index in [9.17, 15) is 9.59 Å². The van der Waals surface area contributed by atoms with Gasteiger partial charge in [0.2, 0.25) is 5.91 Å². The number of halogens is 1. The Kier molecular flexibility index (Phi) is 6.23. The number of anilines is 1. The number of nitrogens with zero attached hydrogens (tertiary/aromatic N) is 5. The molecular formula is C28H25FN8O2. The number of pyridine rings is 2. The summed E-state index contributed by atoms with van der Waals surface area (Å²) in [6, 6.07) is 12.2. The van der Waals surface area contributed by atoms with E-state index in [1.165, 1.54) is 12.1 Å². The van der Waals surface area contributed by atoms with Gasteiger partial charge >= 0.3 is 0 Å². The second kappa shape index (κ2) is 10.0. The minimum atomic E-state index is -0.444. The standard InChI is InChI=1S/C28H25FN8O2/c1-2-24(38)37-12-9-19(15-37)32-27-25-20(8-10-30-26(25)34-35-27)17-6-7-18(21(29)13-17)14-31-28(39)22-16-36-11-4-3-5-23(36)33-22/h2-8,10-11,13,16,19H,1,9,12,14-15H2,(H,31,39)(H2,30,32,34,35)/t19-/m1/s1. The lowest BCUT2D eigenvalue weighted by Crippen LogP contribution is -2.30. The highest BCUT2D eigenvalue weighted by atomic mass is 19.1. The molecule has 1 aromatic carbocycles. The van der Waals surface area contributed by atoms with Crippen molar-refractivity contribution in [3.63, 3.8) is 0 Å². The van der Waals surface area contributed by atoms with Crippen molar-refractivity contribution in [2.75, 3.05) is 18.4 Å². The molecule has 0 unspecified atom stereocenters. The Morgan fingerprint density at radius 3 is 2.95 bits per heavy atom. The lowest BCUT2D eigenvalue weighted by atomic mass is 10.0. The molecule has 1 aliphatic rings. The molecule has 0 aliphatic carbocycles. The van der Waals surface area contributed by atoms with Crippen LogP contribution in [-0.4, -0.2) is 60.4 Å². The summed E-state index contributed by atoms with van der Waals surface area (Å²) in [5, 5.41) is 14.2. The van der Waals surface area contributed by atoms with E-state index in [0.717, 1.165) is 17.4 Å². The predicted molar refractivity (Wildman–Crippen MR) is 144 cm³/mol. The molecule has 0 bridgehead atoms. The van der Waals surface area contributed by atoms with Crippen LogP contribution in [0.2, 0.25) is 0 Å². The van der Waals surface area contributed by atoms with Crippen LogP contribution in [0.15, 0.2) is 73.7 Å². The summed E-state index contributed by atoms with van der Waals surface area (Å²) < 4.78 is 16.9. The van der Waals surface area contributed by atoms with E-state index in [1.807, 2.05) is 18.2 Å². The fraction of sp³-hybridized carbons (Fsp3) is 0.179.